The lowest BCUT2D eigenvalue weighted by Crippen LogP contribution is -2.37. The van der Waals surface area contributed by atoms with E-state index in [1.165, 1.54) is 11.1 Å². The summed E-state index contributed by atoms with van der Waals surface area (Å²) in [6, 6.07) is 6.20. The third-order valence-electron chi connectivity index (χ3n) is 3.52. The highest BCUT2D eigenvalue weighted by atomic mass is 16.5. The predicted octanol–water partition coefficient (Wildman–Crippen LogP) is 5.36. The van der Waals surface area contributed by atoms with E-state index in [1.54, 1.807) is 0 Å². The Labute approximate surface area is 124 Å². The van der Waals surface area contributed by atoms with Crippen LogP contribution in [0.25, 0.3) is 5.57 Å². The number of nitrogens with zero attached hydrogens (tertiary/aromatic N) is 1. The fourth-order valence-electron chi connectivity index (χ4n) is 1.94. The summed E-state index contributed by atoms with van der Waals surface area (Å²) in [4.78, 5) is 0. The minimum atomic E-state index is -0.433. The molecule has 0 atom stereocenters. The van der Waals surface area contributed by atoms with E-state index in [4.69, 9.17) is 0 Å². The molecular weight excluding hydrogens is 246 g/mol. The molecule has 0 aliphatic carbocycles. The Kier molecular flexibility index (Phi) is 4.70. The molecule has 0 aromatic heterocycles. The first-order valence-electron chi connectivity index (χ1n) is 7.23. The average molecular weight is 274 g/mol. The lowest BCUT2D eigenvalue weighted by molar-refractivity contribution is 0.102. The molecule has 0 aliphatic heterocycles. The largest absolute Gasteiger partial charge is 0.215 e. The molecular formula is C18H28NO. The maximum Gasteiger partial charge on any atom is 0.0682 e. The van der Waals surface area contributed by atoms with E-state index in [0.29, 0.717) is 0 Å². The second kappa shape index (κ2) is 5.61. The molecule has 0 N–H and O–H groups in total. The number of anilines is 1. The smallest absolute Gasteiger partial charge is 0.0682 e. The molecule has 1 aromatic rings. The van der Waals surface area contributed by atoms with E-state index in [1.807, 2.05) is 39.8 Å². The minimum absolute atomic E-state index is 0.0253. The quantitative estimate of drug-likeness (QED) is 0.666. The molecule has 0 unspecified atom stereocenters. The first-order chi connectivity index (χ1) is 8.96. The van der Waals surface area contributed by atoms with Gasteiger partial charge in [0.15, 0.2) is 0 Å². The van der Waals surface area contributed by atoms with Crippen LogP contribution < -0.4 is 5.06 Å². The summed E-state index contributed by atoms with van der Waals surface area (Å²) in [7, 11) is 0. The third-order valence-corrected chi connectivity index (χ3v) is 3.52. The number of benzene rings is 1. The van der Waals surface area contributed by atoms with Gasteiger partial charge in [-0.05, 0) is 68.9 Å². The van der Waals surface area contributed by atoms with Crippen LogP contribution in [0.5, 0.6) is 0 Å². The van der Waals surface area contributed by atoms with Gasteiger partial charge in [0, 0.05) is 0 Å². The van der Waals surface area contributed by atoms with Gasteiger partial charge in [-0.15, -0.1) is 0 Å². The van der Waals surface area contributed by atoms with Gasteiger partial charge in [-0.2, -0.15) is 0 Å². The third kappa shape index (κ3) is 3.86. The molecule has 0 amide bonds. The first kappa shape index (κ1) is 16.8. The molecule has 0 fully saturated rings. The van der Waals surface area contributed by atoms with Gasteiger partial charge >= 0.3 is 0 Å². The average Bonchev–Trinajstić information content (AvgIpc) is 2.34. The Morgan fingerprint density at radius 3 is 2.00 bits per heavy atom. The van der Waals surface area contributed by atoms with E-state index >= 15 is 0 Å². The van der Waals surface area contributed by atoms with Crippen LogP contribution >= 0.6 is 0 Å². The summed E-state index contributed by atoms with van der Waals surface area (Å²) >= 11 is 0. The normalized spacial score (nSPS) is 13.6. The summed E-state index contributed by atoms with van der Waals surface area (Å²) < 4.78 is 0. The summed E-state index contributed by atoms with van der Waals surface area (Å²) in [5.74, 6) is 0. The molecule has 0 aliphatic rings. The number of hydrogen-bond acceptors (Lipinski definition) is 1. The van der Waals surface area contributed by atoms with E-state index < -0.39 is 5.54 Å². The van der Waals surface area contributed by atoms with E-state index in [2.05, 4.69) is 39.8 Å². The number of hydrogen-bond donors (Lipinski definition) is 0. The fourth-order valence-corrected chi connectivity index (χ4v) is 1.94. The highest BCUT2D eigenvalue weighted by molar-refractivity contribution is 5.69. The van der Waals surface area contributed by atoms with Gasteiger partial charge in [-0.3, -0.25) is 0 Å². The second-order valence-electron chi connectivity index (χ2n) is 7.46. The summed E-state index contributed by atoms with van der Waals surface area (Å²) in [5, 5.41) is 13.6. The molecule has 1 rings (SSSR count). The molecule has 111 valence electrons. The van der Waals surface area contributed by atoms with Crippen molar-refractivity contribution in [3.05, 3.63) is 35.4 Å². The van der Waals surface area contributed by atoms with Crippen molar-refractivity contribution in [2.24, 2.45) is 0 Å². The zero-order chi connectivity index (χ0) is 15.7. The standard InChI is InChI=1S/C18H28NO/c1-9-13(2)14-10-15(17(3,4)5)12-16(11-14)19(20)18(6,7)8/h9-12H,1-8H3/b13-9-. The van der Waals surface area contributed by atoms with Crippen LogP contribution in [0.4, 0.5) is 5.69 Å². The van der Waals surface area contributed by atoms with Gasteiger partial charge in [0.1, 0.15) is 0 Å². The van der Waals surface area contributed by atoms with Crippen molar-refractivity contribution in [2.45, 2.75) is 66.3 Å². The molecule has 0 saturated carbocycles. The van der Waals surface area contributed by atoms with Crippen molar-refractivity contribution in [1.82, 2.24) is 0 Å². The van der Waals surface area contributed by atoms with Crippen LogP contribution in [-0.2, 0) is 10.6 Å². The van der Waals surface area contributed by atoms with Crippen molar-refractivity contribution in [2.75, 3.05) is 5.06 Å². The fraction of sp³-hybridized carbons (Fsp3) is 0.556. The molecule has 0 bridgehead atoms. The zero-order valence-corrected chi connectivity index (χ0v) is 14.2. The lowest BCUT2D eigenvalue weighted by atomic mass is 9.84. The Bertz CT molecular complexity index is 501. The summed E-state index contributed by atoms with van der Waals surface area (Å²) in [6.45, 7) is 16.4. The highest BCUT2D eigenvalue weighted by Gasteiger charge is 2.24. The molecule has 1 aromatic carbocycles. The lowest BCUT2D eigenvalue weighted by Gasteiger charge is -2.31. The van der Waals surface area contributed by atoms with Crippen LogP contribution in [0.1, 0.15) is 66.5 Å². The van der Waals surface area contributed by atoms with Gasteiger partial charge in [0.25, 0.3) is 0 Å². The molecule has 0 heterocycles. The van der Waals surface area contributed by atoms with E-state index in [0.717, 1.165) is 16.3 Å². The molecule has 1 radical (unpaired) electrons. The van der Waals surface area contributed by atoms with Gasteiger partial charge < -0.3 is 0 Å². The highest BCUT2D eigenvalue weighted by Crippen LogP contribution is 2.32. The summed E-state index contributed by atoms with van der Waals surface area (Å²) in [6.07, 6.45) is 2.08. The molecule has 0 spiro atoms. The topological polar surface area (TPSA) is 23.1 Å². The monoisotopic (exact) mass is 274 g/mol. The Balaban J connectivity index is 3.46. The second-order valence-corrected chi connectivity index (χ2v) is 7.46. The molecule has 2 nitrogen and oxygen atoms in total. The van der Waals surface area contributed by atoms with Crippen LogP contribution in [0.3, 0.4) is 0 Å². The van der Waals surface area contributed by atoms with Crippen molar-refractivity contribution >= 4 is 11.3 Å². The van der Waals surface area contributed by atoms with Crippen molar-refractivity contribution in [1.29, 1.82) is 0 Å². The van der Waals surface area contributed by atoms with Crippen molar-refractivity contribution in [3.63, 3.8) is 0 Å². The van der Waals surface area contributed by atoms with E-state index in [9.17, 15) is 5.21 Å². The van der Waals surface area contributed by atoms with Gasteiger partial charge in [-0.25, -0.2) is 5.06 Å². The molecule has 0 saturated heterocycles. The van der Waals surface area contributed by atoms with E-state index in [-0.39, 0.29) is 5.41 Å². The van der Waals surface area contributed by atoms with Gasteiger partial charge in [0.05, 0.1) is 11.2 Å². The zero-order valence-electron chi connectivity index (χ0n) is 14.2. The molecule has 2 heteroatoms. The predicted molar refractivity (Wildman–Crippen MR) is 87.4 cm³/mol. The minimum Gasteiger partial charge on any atom is -0.215 e. The number of allylic oxidation sites excluding steroid dienone is 2. The molecule has 20 heavy (non-hydrogen) atoms. The number of rotatable bonds is 2. The summed E-state index contributed by atoms with van der Waals surface area (Å²) in [5.41, 5.74) is 3.84. The number of hydroxylamine groups is 1. The first-order valence-corrected chi connectivity index (χ1v) is 7.23. The van der Waals surface area contributed by atoms with Gasteiger partial charge in [0.2, 0.25) is 0 Å². The Morgan fingerprint density at radius 1 is 1.05 bits per heavy atom. The van der Waals surface area contributed by atoms with Gasteiger partial charge in [-0.1, -0.05) is 38.1 Å². The Hall–Kier alpha value is -1.28. The van der Waals surface area contributed by atoms with Crippen LogP contribution in [0, 0.1) is 0 Å². The van der Waals surface area contributed by atoms with Crippen molar-refractivity contribution in [3.8, 4) is 0 Å². The van der Waals surface area contributed by atoms with Crippen LogP contribution in [-0.4, -0.2) is 5.54 Å². The van der Waals surface area contributed by atoms with Crippen LogP contribution in [0.15, 0.2) is 24.3 Å². The maximum absolute atomic E-state index is 12.5. The SMILES string of the molecule is C/C=C(/C)c1cc(N([O])C(C)(C)C)cc(C(C)(C)C)c1. The maximum atomic E-state index is 12.5. The van der Waals surface area contributed by atoms with Crippen LogP contribution in [0.2, 0.25) is 0 Å². The Morgan fingerprint density at radius 2 is 1.60 bits per heavy atom. The van der Waals surface area contributed by atoms with Crippen molar-refractivity contribution < 1.29 is 5.21 Å².